The molecule has 0 bridgehead atoms. The second-order valence-corrected chi connectivity index (χ2v) is 7.38. The number of carbonyl (C=O) groups excluding carboxylic acids is 2. The molecule has 3 rings (SSSR count). The summed E-state index contributed by atoms with van der Waals surface area (Å²) in [4.78, 5) is 26.4. The summed E-state index contributed by atoms with van der Waals surface area (Å²) in [6.07, 6.45) is 8.02. The van der Waals surface area contributed by atoms with Crippen molar-refractivity contribution in [3.05, 3.63) is 11.9 Å². The van der Waals surface area contributed by atoms with Crippen LogP contribution in [0.5, 0.6) is 0 Å². The van der Waals surface area contributed by atoms with E-state index < -0.39 is 0 Å². The molecule has 1 aliphatic heterocycles. The number of piperidine rings is 1. The van der Waals surface area contributed by atoms with Gasteiger partial charge in [-0.3, -0.25) is 9.48 Å². The Labute approximate surface area is 159 Å². The second-order valence-electron chi connectivity index (χ2n) is 7.38. The summed E-state index contributed by atoms with van der Waals surface area (Å²) in [6.45, 7) is 3.15. The van der Waals surface area contributed by atoms with Gasteiger partial charge in [0, 0.05) is 39.3 Å². The lowest BCUT2D eigenvalue weighted by Crippen LogP contribution is -2.49. The summed E-state index contributed by atoms with van der Waals surface area (Å²) in [5.41, 5.74) is 0.355. The molecule has 27 heavy (non-hydrogen) atoms. The first kappa shape index (κ1) is 19.6. The quantitative estimate of drug-likeness (QED) is 0.625. The molecule has 1 aromatic rings. The van der Waals surface area contributed by atoms with Crippen molar-refractivity contribution in [2.75, 3.05) is 33.4 Å². The van der Waals surface area contributed by atoms with E-state index in [-0.39, 0.29) is 18.0 Å². The molecule has 9 heteroatoms. The van der Waals surface area contributed by atoms with Gasteiger partial charge in [0.25, 0.3) is 5.91 Å². The molecule has 2 fully saturated rings. The molecular weight excluding hydrogens is 348 g/mol. The molecule has 1 aromatic heterocycles. The Bertz CT molecular complexity index is 630. The summed E-state index contributed by atoms with van der Waals surface area (Å²) in [6, 6.07) is 0.146. The van der Waals surface area contributed by atoms with E-state index >= 15 is 0 Å². The van der Waals surface area contributed by atoms with Gasteiger partial charge in [-0.2, -0.15) is 0 Å². The van der Waals surface area contributed by atoms with Crippen molar-refractivity contribution in [3.8, 4) is 0 Å². The van der Waals surface area contributed by atoms with Gasteiger partial charge in [0.2, 0.25) is 0 Å². The minimum atomic E-state index is -0.162. The lowest BCUT2D eigenvalue weighted by molar-refractivity contribution is 0.0946. The Balaban J connectivity index is 1.47. The van der Waals surface area contributed by atoms with Crippen molar-refractivity contribution in [2.24, 2.45) is 5.92 Å². The van der Waals surface area contributed by atoms with E-state index in [1.165, 1.54) is 12.8 Å². The van der Waals surface area contributed by atoms with Crippen molar-refractivity contribution < 1.29 is 14.3 Å². The largest absolute Gasteiger partial charge is 0.383 e. The van der Waals surface area contributed by atoms with E-state index in [1.807, 2.05) is 4.90 Å². The summed E-state index contributed by atoms with van der Waals surface area (Å²) < 4.78 is 6.68. The van der Waals surface area contributed by atoms with Crippen LogP contribution in [0.4, 0.5) is 4.79 Å². The summed E-state index contributed by atoms with van der Waals surface area (Å²) in [5, 5.41) is 13.8. The third-order valence-electron chi connectivity index (χ3n) is 5.18. The molecule has 1 saturated heterocycles. The van der Waals surface area contributed by atoms with E-state index in [9.17, 15) is 9.59 Å². The molecule has 1 aliphatic carbocycles. The topological polar surface area (TPSA) is 101 Å². The zero-order valence-corrected chi connectivity index (χ0v) is 16.0. The number of carbonyl (C=O) groups is 2. The van der Waals surface area contributed by atoms with Crippen LogP contribution in [-0.4, -0.2) is 71.2 Å². The van der Waals surface area contributed by atoms with Gasteiger partial charge >= 0.3 is 6.03 Å². The fourth-order valence-electron chi connectivity index (χ4n) is 3.37. The van der Waals surface area contributed by atoms with Crippen LogP contribution in [0.3, 0.4) is 0 Å². The molecule has 9 nitrogen and oxygen atoms in total. The molecule has 2 heterocycles. The highest BCUT2D eigenvalue weighted by Gasteiger charge is 2.26. The number of ether oxygens (including phenoxy) is 1. The van der Waals surface area contributed by atoms with Gasteiger partial charge < -0.3 is 20.3 Å². The standard InChI is InChI=1S/C18H30N6O3/c1-27-11-8-19-18(26)24-9-3-2-4-15(24)7-10-23-13-16(21-22-23)17(25)20-12-14-5-6-14/h13-15H,2-12H2,1H3,(H,19,26)(H,20,25). The smallest absolute Gasteiger partial charge is 0.317 e. The van der Waals surface area contributed by atoms with Crippen LogP contribution in [0.15, 0.2) is 6.20 Å². The third kappa shape index (κ3) is 5.92. The highest BCUT2D eigenvalue weighted by molar-refractivity contribution is 5.91. The number of methoxy groups -OCH3 is 1. The van der Waals surface area contributed by atoms with Crippen molar-refractivity contribution in [1.29, 1.82) is 0 Å². The molecule has 0 aromatic carbocycles. The van der Waals surface area contributed by atoms with Crippen molar-refractivity contribution in [1.82, 2.24) is 30.5 Å². The Hall–Kier alpha value is -2.16. The van der Waals surface area contributed by atoms with Crippen LogP contribution >= 0.6 is 0 Å². The van der Waals surface area contributed by atoms with E-state index in [1.54, 1.807) is 18.0 Å². The minimum absolute atomic E-state index is 0.0320. The van der Waals surface area contributed by atoms with Gasteiger partial charge in [0.1, 0.15) is 0 Å². The summed E-state index contributed by atoms with van der Waals surface area (Å²) >= 11 is 0. The van der Waals surface area contributed by atoms with Crippen LogP contribution in [0.1, 0.15) is 49.0 Å². The number of urea groups is 1. The number of likely N-dealkylation sites (tertiary alicyclic amines) is 1. The minimum Gasteiger partial charge on any atom is -0.383 e. The number of amides is 3. The number of aryl methyl sites for hydroxylation is 1. The average Bonchev–Trinajstić information content (AvgIpc) is 3.40. The predicted octanol–water partition coefficient (Wildman–Crippen LogP) is 1.02. The second kappa shape index (κ2) is 9.68. The van der Waals surface area contributed by atoms with Crippen molar-refractivity contribution >= 4 is 11.9 Å². The van der Waals surface area contributed by atoms with Crippen LogP contribution < -0.4 is 10.6 Å². The molecule has 1 atom stereocenters. The molecule has 1 saturated carbocycles. The van der Waals surface area contributed by atoms with Gasteiger partial charge in [-0.1, -0.05) is 5.21 Å². The third-order valence-corrected chi connectivity index (χ3v) is 5.18. The van der Waals surface area contributed by atoms with Crippen molar-refractivity contribution in [3.63, 3.8) is 0 Å². The Kier molecular flexibility index (Phi) is 7.03. The molecule has 1 unspecified atom stereocenters. The van der Waals surface area contributed by atoms with Crippen LogP contribution in [0, 0.1) is 5.92 Å². The molecule has 3 amide bonds. The lowest BCUT2D eigenvalue weighted by atomic mass is 10.00. The first-order valence-electron chi connectivity index (χ1n) is 9.89. The maximum atomic E-state index is 12.4. The number of nitrogens with one attached hydrogen (secondary N) is 2. The molecule has 0 spiro atoms. The zero-order chi connectivity index (χ0) is 19.1. The Morgan fingerprint density at radius 1 is 1.26 bits per heavy atom. The Morgan fingerprint density at radius 3 is 2.89 bits per heavy atom. The van der Waals surface area contributed by atoms with Crippen LogP contribution in [0.25, 0.3) is 0 Å². The lowest BCUT2D eigenvalue weighted by Gasteiger charge is -2.35. The monoisotopic (exact) mass is 378 g/mol. The highest BCUT2D eigenvalue weighted by atomic mass is 16.5. The van der Waals surface area contributed by atoms with Gasteiger partial charge in [-0.15, -0.1) is 5.10 Å². The maximum Gasteiger partial charge on any atom is 0.317 e. The highest BCUT2D eigenvalue weighted by Crippen LogP contribution is 2.27. The van der Waals surface area contributed by atoms with E-state index in [2.05, 4.69) is 20.9 Å². The molecular formula is C18H30N6O3. The SMILES string of the molecule is COCCNC(=O)N1CCCCC1CCn1cc(C(=O)NCC2CC2)nn1. The number of nitrogens with zero attached hydrogens (tertiary/aromatic N) is 4. The first-order valence-corrected chi connectivity index (χ1v) is 9.89. The number of aromatic nitrogens is 3. The van der Waals surface area contributed by atoms with E-state index in [0.29, 0.717) is 31.3 Å². The van der Waals surface area contributed by atoms with Gasteiger partial charge in [-0.25, -0.2) is 4.79 Å². The average molecular weight is 378 g/mol. The van der Waals surface area contributed by atoms with E-state index in [0.717, 1.165) is 38.8 Å². The summed E-state index contributed by atoms with van der Waals surface area (Å²) in [7, 11) is 1.62. The summed E-state index contributed by atoms with van der Waals surface area (Å²) in [5.74, 6) is 0.473. The molecule has 0 radical (unpaired) electrons. The molecule has 2 N–H and O–H groups in total. The number of rotatable bonds is 9. The maximum absolute atomic E-state index is 12.4. The van der Waals surface area contributed by atoms with Crippen molar-refractivity contribution in [2.45, 2.75) is 51.1 Å². The van der Waals surface area contributed by atoms with Crippen LogP contribution in [0.2, 0.25) is 0 Å². The van der Waals surface area contributed by atoms with Gasteiger partial charge in [0.15, 0.2) is 5.69 Å². The predicted molar refractivity (Wildman–Crippen MR) is 99.3 cm³/mol. The zero-order valence-electron chi connectivity index (χ0n) is 16.0. The molecule has 150 valence electrons. The Morgan fingerprint density at radius 2 is 2.11 bits per heavy atom. The molecule has 2 aliphatic rings. The van der Waals surface area contributed by atoms with E-state index in [4.69, 9.17) is 4.74 Å². The number of hydrogen-bond donors (Lipinski definition) is 2. The first-order chi connectivity index (χ1) is 13.2. The fourth-order valence-corrected chi connectivity index (χ4v) is 3.37. The number of hydrogen-bond acceptors (Lipinski definition) is 5. The fraction of sp³-hybridized carbons (Fsp3) is 0.778. The van der Waals surface area contributed by atoms with Crippen LogP contribution in [-0.2, 0) is 11.3 Å². The van der Waals surface area contributed by atoms with Gasteiger partial charge in [0.05, 0.1) is 12.8 Å². The van der Waals surface area contributed by atoms with Gasteiger partial charge in [-0.05, 0) is 44.4 Å². The normalized spacial score (nSPS) is 19.7.